The van der Waals surface area contributed by atoms with Crippen molar-refractivity contribution >= 4 is 12.2 Å². The van der Waals surface area contributed by atoms with Crippen LogP contribution >= 0.6 is 12.2 Å². The van der Waals surface area contributed by atoms with Crippen molar-refractivity contribution in [2.75, 3.05) is 20.8 Å². The lowest BCUT2D eigenvalue weighted by atomic mass is 9.90. The molecule has 1 aliphatic rings. The van der Waals surface area contributed by atoms with Crippen molar-refractivity contribution in [3.8, 4) is 23.1 Å². The first-order valence-corrected chi connectivity index (χ1v) is 10.3. The number of hydrogen-bond acceptors (Lipinski definition) is 6. The van der Waals surface area contributed by atoms with Gasteiger partial charge in [0, 0.05) is 6.54 Å². The number of halogens is 3. The zero-order valence-electron chi connectivity index (χ0n) is 17.6. The Hall–Kier alpha value is -3.31. The van der Waals surface area contributed by atoms with Crippen molar-refractivity contribution in [2.45, 2.75) is 18.6 Å². The third-order valence-electron chi connectivity index (χ3n) is 5.54. The van der Waals surface area contributed by atoms with Gasteiger partial charge in [0.05, 0.1) is 37.1 Å². The molecule has 7 nitrogen and oxygen atoms in total. The van der Waals surface area contributed by atoms with Crippen LogP contribution in [0.1, 0.15) is 28.3 Å². The monoisotopic (exact) mass is 479 g/mol. The second-order valence-electron chi connectivity index (χ2n) is 7.42. The Balaban J connectivity index is 1.92. The Morgan fingerprint density at radius 3 is 2.52 bits per heavy atom. The lowest BCUT2D eigenvalue weighted by molar-refractivity contribution is -0.137. The second-order valence-corrected chi connectivity index (χ2v) is 7.81. The Morgan fingerprint density at radius 2 is 1.85 bits per heavy atom. The number of rotatable bonds is 4. The Bertz CT molecular complexity index is 1330. The normalized spacial score (nSPS) is 15.7. The minimum absolute atomic E-state index is 0.0341. The maximum atomic E-state index is 13.2. The highest BCUT2D eigenvalue weighted by Crippen LogP contribution is 2.39. The number of H-pyrrole nitrogens is 1. The van der Waals surface area contributed by atoms with Crippen molar-refractivity contribution < 1.29 is 27.8 Å². The first-order valence-electron chi connectivity index (χ1n) is 9.89. The number of alkyl halides is 3. The summed E-state index contributed by atoms with van der Waals surface area (Å²) in [6.45, 7) is 0.491. The average molecular weight is 479 g/mol. The van der Waals surface area contributed by atoms with Crippen molar-refractivity contribution in [1.82, 2.24) is 14.9 Å². The largest absolute Gasteiger partial charge is 0.494 e. The van der Waals surface area contributed by atoms with Crippen LogP contribution in [-0.4, -0.2) is 35.4 Å². The first-order chi connectivity index (χ1) is 15.7. The molecule has 33 heavy (non-hydrogen) atoms. The molecule has 0 amide bonds. The number of aromatic hydroxyl groups is 1. The summed E-state index contributed by atoms with van der Waals surface area (Å²) < 4.78 is 51.2. The van der Waals surface area contributed by atoms with Gasteiger partial charge >= 0.3 is 6.18 Å². The highest BCUT2D eigenvalue weighted by Gasteiger charge is 2.32. The van der Waals surface area contributed by atoms with E-state index in [-0.39, 0.29) is 16.0 Å². The number of nitrogens with zero attached hydrogens (tertiary/aromatic N) is 1. The van der Waals surface area contributed by atoms with Gasteiger partial charge in [-0.25, -0.2) is 0 Å². The highest BCUT2D eigenvalue weighted by molar-refractivity contribution is 7.71. The fourth-order valence-corrected chi connectivity index (χ4v) is 4.28. The van der Waals surface area contributed by atoms with Crippen LogP contribution in [0.3, 0.4) is 0 Å². The SMILES string of the molecule is COc1cc2c(cc1OC)[C@H](c1c(O)n(-c3cccc(C(F)(F)F)c3)c(=S)[nH]c1=O)NCC2. The molecule has 1 aliphatic heterocycles. The number of methoxy groups -OCH3 is 2. The minimum Gasteiger partial charge on any atom is -0.494 e. The van der Waals surface area contributed by atoms with Gasteiger partial charge in [-0.1, -0.05) is 6.07 Å². The van der Waals surface area contributed by atoms with E-state index in [1.807, 2.05) is 0 Å². The van der Waals surface area contributed by atoms with Crippen LogP contribution in [0.2, 0.25) is 0 Å². The molecule has 0 unspecified atom stereocenters. The molecule has 3 N–H and O–H groups in total. The molecule has 174 valence electrons. The summed E-state index contributed by atoms with van der Waals surface area (Å²) in [5.41, 5.74) is -0.120. The van der Waals surface area contributed by atoms with E-state index >= 15 is 0 Å². The van der Waals surface area contributed by atoms with Crippen molar-refractivity contribution in [1.29, 1.82) is 0 Å². The molecule has 3 aromatic rings. The molecular formula is C22H20F3N3O4S. The van der Waals surface area contributed by atoms with E-state index in [1.165, 1.54) is 26.4 Å². The molecule has 0 saturated carbocycles. The van der Waals surface area contributed by atoms with E-state index in [1.54, 1.807) is 12.1 Å². The van der Waals surface area contributed by atoms with E-state index < -0.39 is 29.2 Å². The Morgan fingerprint density at radius 1 is 1.15 bits per heavy atom. The first kappa shape index (κ1) is 22.9. The van der Waals surface area contributed by atoms with E-state index in [0.717, 1.165) is 22.3 Å². The molecular weight excluding hydrogens is 459 g/mol. The number of aromatic nitrogens is 2. The van der Waals surface area contributed by atoms with Crippen LogP contribution in [0, 0.1) is 4.77 Å². The topological polar surface area (TPSA) is 88.5 Å². The molecule has 0 bridgehead atoms. The van der Waals surface area contributed by atoms with Crippen LogP contribution in [0.4, 0.5) is 13.2 Å². The third kappa shape index (κ3) is 4.09. The van der Waals surface area contributed by atoms with E-state index in [9.17, 15) is 23.1 Å². The van der Waals surface area contributed by atoms with Gasteiger partial charge in [0.25, 0.3) is 5.56 Å². The minimum atomic E-state index is -4.59. The van der Waals surface area contributed by atoms with Gasteiger partial charge in [-0.3, -0.25) is 14.3 Å². The molecule has 1 atom stereocenters. The lowest BCUT2D eigenvalue weighted by Crippen LogP contribution is -2.35. The Labute approximate surface area is 191 Å². The van der Waals surface area contributed by atoms with Gasteiger partial charge in [0.15, 0.2) is 16.3 Å². The zero-order valence-corrected chi connectivity index (χ0v) is 18.4. The number of nitrogens with one attached hydrogen (secondary N) is 2. The summed E-state index contributed by atoms with van der Waals surface area (Å²) in [7, 11) is 2.99. The van der Waals surface area contributed by atoms with Crippen LogP contribution in [0.5, 0.6) is 17.4 Å². The van der Waals surface area contributed by atoms with Crippen LogP contribution in [0.15, 0.2) is 41.2 Å². The number of ether oxygens (including phenoxy) is 2. The summed E-state index contributed by atoms with van der Waals surface area (Å²) in [5.74, 6) is 0.407. The molecule has 1 aromatic heterocycles. The number of aromatic amines is 1. The van der Waals surface area contributed by atoms with E-state index in [4.69, 9.17) is 21.7 Å². The predicted molar refractivity (Wildman–Crippen MR) is 117 cm³/mol. The van der Waals surface area contributed by atoms with Crippen molar-refractivity contribution in [2.24, 2.45) is 0 Å². The number of fused-ring (bicyclic) bond motifs is 1. The predicted octanol–water partition coefficient (Wildman–Crippen LogP) is 3.87. The molecule has 0 fully saturated rings. The molecule has 0 radical (unpaired) electrons. The molecule has 11 heteroatoms. The standard InChI is InChI=1S/C22H20F3N3O4S/c1-31-15-8-11-6-7-26-18(14(11)10-16(15)32-2)17-19(29)27-21(33)28(20(17)30)13-5-3-4-12(9-13)22(23,24)25/h3-5,8-10,18,26,30H,6-7H2,1-2H3,(H,27,29,33)/t18-/m1/s1. The fourth-order valence-electron chi connectivity index (χ4n) is 4.00. The zero-order chi connectivity index (χ0) is 23.9. The van der Waals surface area contributed by atoms with Gasteiger partial charge in [-0.05, 0) is 60.1 Å². The maximum Gasteiger partial charge on any atom is 0.416 e. The average Bonchev–Trinajstić information content (AvgIpc) is 2.77. The summed E-state index contributed by atoms with van der Waals surface area (Å²) in [5, 5.41) is 14.3. The molecule has 2 aromatic carbocycles. The molecule has 0 aliphatic carbocycles. The molecule has 2 heterocycles. The highest BCUT2D eigenvalue weighted by atomic mass is 32.1. The van der Waals surface area contributed by atoms with Crippen LogP contribution in [0.25, 0.3) is 5.69 Å². The van der Waals surface area contributed by atoms with Gasteiger partial charge in [0.2, 0.25) is 5.88 Å². The number of hydrogen-bond donors (Lipinski definition) is 3. The van der Waals surface area contributed by atoms with Gasteiger partial charge in [-0.2, -0.15) is 13.2 Å². The Kier molecular flexibility index (Phi) is 5.93. The third-order valence-corrected chi connectivity index (χ3v) is 5.83. The quantitative estimate of drug-likeness (QED) is 0.493. The van der Waals surface area contributed by atoms with E-state index in [0.29, 0.717) is 30.0 Å². The van der Waals surface area contributed by atoms with Crippen LogP contribution < -0.4 is 20.3 Å². The van der Waals surface area contributed by atoms with Gasteiger partial charge < -0.3 is 19.9 Å². The molecule has 0 saturated heterocycles. The smallest absolute Gasteiger partial charge is 0.416 e. The van der Waals surface area contributed by atoms with Crippen LogP contribution in [-0.2, 0) is 12.6 Å². The summed E-state index contributed by atoms with van der Waals surface area (Å²) >= 11 is 5.17. The molecule has 0 spiro atoms. The fraction of sp³-hybridized carbons (Fsp3) is 0.273. The van der Waals surface area contributed by atoms with E-state index in [2.05, 4.69) is 10.3 Å². The molecule has 4 rings (SSSR count). The van der Waals surface area contributed by atoms with Crippen molar-refractivity contribution in [3.63, 3.8) is 0 Å². The summed E-state index contributed by atoms with van der Waals surface area (Å²) in [4.78, 5) is 15.4. The van der Waals surface area contributed by atoms with Crippen molar-refractivity contribution in [3.05, 3.63) is 73.8 Å². The second kappa shape index (κ2) is 8.56. The summed E-state index contributed by atoms with van der Waals surface area (Å²) in [6.07, 6.45) is -3.95. The lowest BCUT2D eigenvalue weighted by Gasteiger charge is -2.29. The number of benzene rings is 2. The van der Waals surface area contributed by atoms with Gasteiger partial charge in [-0.15, -0.1) is 0 Å². The summed E-state index contributed by atoms with van der Waals surface area (Å²) in [6, 6.07) is 7.09. The maximum absolute atomic E-state index is 13.2. The van der Waals surface area contributed by atoms with Gasteiger partial charge in [0.1, 0.15) is 0 Å².